The first kappa shape index (κ1) is 10.3. The number of rotatable bonds is 3. The van der Waals surface area contributed by atoms with Crippen molar-refractivity contribution in [2.45, 2.75) is 6.61 Å². The van der Waals surface area contributed by atoms with E-state index in [4.69, 9.17) is 5.11 Å². The maximum Gasteiger partial charge on any atom is 0.387 e. The van der Waals surface area contributed by atoms with E-state index < -0.39 is 12.6 Å². The summed E-state index contributed by atoms with van der Waals surface area (Å²) in [5, 5.41) is 8.68. The van der Waals surface area contributed by atoms with Gasteiger partial charge in [0.05, 0.1) is 5.52 Å². The zero-order valence-corrected chi connectivity index (χ0v) is 7.78. The SMILES string of the molecule is O=C(O)c1nc2c(OC(F)F)cccc2[nH]1. The molecular weight excluding hydrogens is 222 g/mol. The van der Waals surface area contributed by atoms with Crippen molar-refractivity contribution in [2.24, 2.45) is 0 Å². The van der Waals surface area contributed by atoms with Crippen molar-refractivity contribution in [3.05, 3.63) is 24.0 Å². The average Bonchev–Trinajstić information content (AvgIpc) is 2.61. The zero-order chi connectivity index (χ0) is 11.7. The summed E-state index contributed by atoms with van der Waals surface area (Å²) in [6, 6.07) is 4.28. The fourth-order valence-corrected chi connectivity index (χ4v) is 1.30. The largest absolute Gasteiger partial charge is 0.475 e. The molecule has 7 heteroatoms. The standard InChI is InChI=1S/C9H6F2N2O3/c10-9(11)16-5-3-1-2-4-6(5)13-7(12-4)8(14)15/h1-3,9H,(H,12,13)(H,14,15). The molecule has 0 radical (unpaired) electrons. The van der Waals surface area contributed by atoms with Crippen LogP contribution in [0.3, 0.4) is 0 Å². The monoisotopic (exact) mass is 228 g/mol. The summed E-state index contributed by atoms with van der Waals surface area (Å²) < 4.78 is 28.3. The van der Waals surface area contributed by atoms with E-state index in [0.29, 0.717) is 5.52 Å². The van der Waals surface area contributed by atoms with Crippen molar-refractivity contribution >= 4 is 17.0 Å². The lowest BCUT2D eigenvalue weighted by molar-refractivity contribution is -0.0489. The Balaban J connectivity index is 2.54. The highest BCUT2D eigenvalue weighted by Crippen LogP contribution is 2.24. The number of carboxylic acid groups (broad SMARTS) is 1. The molecule has 0 spiro atoms. The first-order valence-electron chi connectivity index (χ1n) is 4.25. The van der Waals surface area contributed by atoms with E-state index in [2.05, 4.69) is 14.7 Å². The van der Waals surface area contributed by atoms with Crippen molar-refractivity contribution in [1.82, 2.24) is 9.97 Å². The van der Waals surface area contributed by atoms with Gasteiger partial charge in [-0.3, -0.25) is 0 Å². The van der Waals surface area contributed by atoms with E-state index in [-0.39, 0.29) is 17.1 Å². The minimum absolute atomic E-state index is 0.0696. The predicted octanol–water partition coefficient (Wildman–Crippen LogP) is 1.86. The molecule has 2 N–H and O–H groups in total. The Morgan fingerprint density at radius 3 is 2.88 bits per heavy atom. The molecule has 0 aliphatic rings. The molecule has 1 aromatic carbocycles. The summed E-state index contributed by atoms with van der Waals surface area (Å²) >= 11 is 0. The number of nitrogens with one attached hydrogen (secondary N) is 1. The van der Waals surface area contributed by atoms with Crippen molar-refractivity contribution in [3.63, 3.8) is 0 Å². The second-order valence-electron chi connectivity index (χ2n) is 2.92. The molecule has 16 heavy (non-hydrogen) atoms. The fraction of sp³-hybridized carbons (Fsp3) is 0.111. The number of alkyl halides is 2. The number of aromatic carboxylic acids is 1. The summed E-state index contributed by atoms with van der Waals surface area (Å²) in [6.45, 7) is -2.98. The lowest BCUT2D eigenvalue weighted by atomic mass is 10.3. The third-order valence-electron chi connectivity index (χ3n) is 1.89. The summed E-state index contributed by atoms with van der Waals surface area (Å²) in [4.78, 5) is 16.7. The van der Waals surface area contributed by atoms with Gasteiger partial charge in [0.2, 0.25) is 5.82 Å². The number of hydrogen-bond acceptors (Lipinski definition) is 3. The van der Waals surface area contributed by atoms with Crippen molar-refractivity contribution in [2.75, 3.05) is 0 Å². The minimum Gasteiger partial charge on any atom is -0.475 e. The highest BCUT2D eigenvalue weighted by molar-refractivity contribution is 5.91. The molecule has 0 bridgehead atoms. The summed E-state index contributed by atoms with van der Waals surface area (Å²) in [6.07, 6.45) is 0. The van der Waals surface area contributed by atoms with Crippen LogP contribution < -0.4 is 4.74 Å². The number of carbonyl (C=O) groups is 1. The van der Waals surface area contributed by atoms with Gasteiger partial charge >= 0.3 is 12.6 Å². The van der Waals surface area contributed by atoms with Crippen LogP contribution in [0.15, 0.2) is 18.2 Å². The van der Waals surface area contributed by atoms with E-state index in [9.17, 15) is 13.6 Å². The Morgan fingerprint density at radius 1 is 1.50 bits per heavy atom. The number of imidazole rings is 1. The molecule has 0 fully saturated rings. The molecule has 0 unspecified atom stereocenters. The third kappa shape index (κ3) is 1.79. The molecule has 0 atom stereocenters. The van der Waals surface area contributed by atoms with E-state index in [1.54, 1.807) is 0 Å². The van der Waals surface area contributed by atoms with Crippen molar-refractivity contribution in [3.8, 4) is 5.75 Å². The maximum absolute atomic E-state index is 12.0. The van der Waals surface area contributed by atoms with Crippen LogP contribution in [0.1, 0.15) is 10.6 Å². The number of aromatic nitrogens is 2. The van der Waals surface area contributed by atoms with Crippen LogP contribution in [0, 0.1) is 0 Å². The summed E-state index contributed by atoms with van der Waals surface area (Å²) in [5.41, 5.74) is 0.399. The van der Waals surface area contributed by atoms with Crippen LogP contribution in [0.2, 0.25) is 0 Å². The first-order chi connectivity index (χ1) is 7.58. The van der Waals surface area contributed by atoms with E-state index in [0.717, 1.165) is 0 Å². The van der Waals surface area contributed by atoms with Crippen LogP contribution in [0.25, 0.3) is 11.0 Å². The Morgan fingerprint density at radius 2 is 2.25 bits per heavy atom. The number of ether oxygens (including phenoxy) is 1. The Hall–Kier alpha value is -2.18. The summed E-state index contributed by atoms with van der Waals surface area (Å²) in [5.74, 6) is -1.74. The van der Waals surface area contributed by atoms with Gasteiger partial charge in [-0.05, 0) is 12.1 Å². The lowest BCUT2D eigenvalue weighted by Gasteiger charge is -2.03. The molecule has 0 saturated carbocycles. The van der Waals surface area contributed by atoms with Crippen LogP contribution >= 0.6 is 0 Å². The molecule has 1 aromatic heterocycles. The number of nitrogens with zero attached hydrogens (tertiary/aromatic N) is 1. The number of aromatic amines is 1. The molecule has 2 aromatic rings. The average molecular weight is 228 g/mol. The molecule has 0 amide bonds. The summed E-state index contributed by atoms with van der Waals surface area (Å²) in [7, 11) is 0. The zero-order valence-electron chi connectivity index (χ0n) is 7.78. The van der Waals surface area contributed by atoms with Gasteiger partial charge in [-0.1, -0.05) is 6.07 Å². The molecular formula is C9H6F2N2O3. The van der Waals surface area contributed by atoms with Gasteiger partial charge < -0.3 is 14.8 Å². The molecule has 0 aliphatic heterocycles. The number of benzene rings is 1. The topological polar surface area (TPSA) is 75.2 Å². The van der Waals surface area contributed by atoms with Crippen LogP contribution in [0.5, 0.6) is 5.75 Å². The Bertz CT molecular complexity index is 539. The Kier molecular flexibility index (Phi) is 2.43. The fourth-order valence-electron chi connectivity index (χ4n) is 1.30. The predicted molar refractivity (Wildman–Crippen MR) is 49.7 cm³/mol. The van der Waals surface area contributed by atoms with E-state index in [1.807, 2.05) is 0 Å². The van der Waals surface area contributed by atoms with Crippen molar-refractivity contribution in [1.29, 1.82) is 0 Å². The molecule has 2 rings (SSSR count). The molecule has 0 saturated heterocycles. The van der Waals surface area contributed by atoms with E-state index >= 15 is 0 Å². The smallest absolute Gasteiger partial charge is 0.387 e. The van der Waals surface area contributed by atoms with Crippen LogP contribution in [-0.4, -0.2) is 27.7 Å². The number of para-hydroxylation sites is 1. The van der Waals surface area contributed by atoms with Gasteiger partial charge in [0.15, 0.2) is 5.75 Å². The molecule has 1 heterocycles. The lowest BCUT2D eigenvalue weighted by Crippen LogP contribution is -2.02. The van der Waals surface area contributed by atoms with Gasteiger partial charge in [-0.15, -0.1) is 0 Å². The van der Waals surface area contributed by atoms with Gasteiger partial charge in [0.25, 0.3) is 0 Å². The highest BCUT2D eigenvalue weighted by atomic mass is 19.3. The number of carboxylic acids is 1. The normalized spacial score (nSPS) is 10.9. The van der Waals surface area contributed by atoms with Gasteiger partial charge in [-0.25, -0.2) is 9.78 Å². The highest BCUT2D eigenvalue weighted by Gasteiger charge is 2.14. The van der Waals surface area contributed by atoms with Gasteiger partial charge in [0.1, 0.15) is 5.52 Å². The maximum atomic E-state index is 12.0. The van der Waals surface area contributed by atoms with Crippen LogP contribution in [-0.2, 0) is 0 Å². The molecule has 0 aliphatic carbocycles. The second kappa shape index (κ2) is 3.76. The number of fused-ring (bicyclic) bond motifs is 1. The quantitative estimate of drug-likeness (QED) is 0.840. The third-order valence-corrected chi connectivity index (χ3v) is 1.89. The molecule has 84 valence electrons. The Labute approximate surface area is 87.7 Å². The molecule has 5 nitrogen and oxygen atoms in total. The van der Waals surface area contributed by atoms with Crippen LogP contribution in [0.4, 0.5) is 8.78 Å². The number of hydrogen-bond donors (Lipinski definition) is 2. The number of H-pyrrole nitrogens is 1. The van der Waals surface area contributed by atoms with E-state index in [1.165, 1.54) is 18.2 Å². The van der Waals surface area contributed by atoms with Gasteiger partial charge in [0, 0.05) is 0 Å². The number of halogens is 2. The van der Waals surface area contributed by atoms with Gasteiger partial charge in [-0.2, -0.15) is 8.78 Å². The second-order valence-corrected chi connectivity index (χ2v) is 2.92. The van der Waals surface area contributed by atoms with Crippen molar-refractivity contribution < 1.29 is 23.4 Å². The first-order valence-corrected chi connectivity index (χ1v) is 4.25. The minimum atomic E-state index is -2.98.